The van der Waals surface area contributed by atoms with Crippen molar-refractivity contribution in [3.8, 4) is 0 Å². The summed E-state index contributed by atoms with van der Waals surface area (Å²) in [7, 11) is 0. The first kappa shape index (κ1) is 26.4. The van der Waals surface area contributed by atoms with E-state index in [4.69, 9.17) is 0 Å². The first-order valence-electron chi connectivity index (χ1n) is 11.3. The molecule has 0 atom stereocenters. The van der Waals surface area contributed by atoms with Crippen LogP contribution < -0.4 is 0 Å². The molecule has 0 N–H and O–H groups in total. The van der Waals surface area contributed by atoms with Crippen molar-refractivity contribution in [1.29, 1.82) is 0 Å². The summed E-state index contributed by atoms with van der Waals surface area (Å²) in [5.74, 6) is 0.0191. The summed E-state index contributed by atoms with van der Waals surface area (Å²) in [5.41, 5.74) is 0.196. The van der Waals surface area contributed by atoms with Crippen LogP contribution in [0.4, 0.5) is 0 Å². The second kappa shape index (κ2) is 10.1. The molecule has 0 radical (unpaired) electrons. The molecule has 1 rings (SSSR count). The molecule has 174 valence electrons. The van der Waals surface area contributed by atoms with Gasteiger partial charge in [0, 0.05) is 19.3 Å². The number of carbonyl (C=O) groups excluding carboxylic acids is 3. The predicted octanol–water partition coefficient (Wildman–Crippen LogP) is 4.84. The first-order valence-corrected chi connectivity index (χ1v) is 11.3. The van der Waals surface area contributed by atoms with Crippen molar-refractivity contribution in [1.82, 2.24) is 14.7 Å². The zero-order chi connectivity index (χ0) is 23.3. The Balaban J connectivity index is 2.88. The van der Waals surface area contributed by atoms with Gasteiger partial charge < -0.3 is 14.7 Å². The molecule has 0 aromatic rings. The Morgan fingerprint density at radius 1 is 0.500 bits per heavy atom. The van der Waals surface area contributed by atoms with Gasteiger partial charge in [0.05, 0.1) is 20.0 Å². The van der Waals surface area contributed by atoms with Crippen LogP contribution in [0.3, 0.4) is 0 Å². The van der Waals surface area contributed by atoms with Gasteiger partial charge in [-0.05, 0) is 35.5 Å². The average Bonchev–Trinajstić information content (AvgIpc) is 2.59. The molecule has 0 unspecified atom stereocenters. The Morgan fingerprint density at radius 2 is 0.700 bits per heavy atom. The van der Waals surface area contributed by atoms with Crippen molar-refractivity contribution >= 4 is 17.7 Å². The molecule has 6 heteroatoms. The zero-order valence-electron chi connectivity index (χ0n) is 20.9. The Morgan fingerprint density at radius 3 is 0.867 bits per heavy atom. The lowest BCUT2D eigenvalue weighted by Crippen LogP contribution is -2.59. The lowest BCUT2D eigenvalue weighted by atomic mass is 9.90. The minimum absolute atomic E-state index is 0.00636. The molecule has 30 heavy (non-hydrogen) atoms. The van der Waals surface area contributed by atoms with Crippen LogP contribution in [0.1, 0.15) is 101 Å². The summed E-state index contributed by atoms with van der Waals surface area (Å²) >= 11 is 0. The van der Waals surface area contributed by atoms with Crippen LogP contribution in [-0.2, 0) is 14.4 Å². The number of rotatable bonds is 6. The third-order valence-corrected chi connectivity index (χ3v) is 5.35. The van der Waals surface area contributed by atoms with Gasteiger partial charge in [-0.25, -0.2) is 0 Å². The maximum absolute atomic E-state index is 12.9. The predicted molar refractivity (Wildman–Crippen MR) is 121 cm³/mol. The second-order valence-corrected chi connectivity index (χ2v) is 12.4. The quantitative estimate of drug-likeness (QED) is 0.614. The van der Waals surface area contributed by atoms with Gasteiger partial charge in [-0.1, -0.05) is 62.3 Å². The number of hydrogen-bond donors (Lipinski definition) is 0. The van der Waals surface area contributed by atoms with E-state index in [0.29, 0.717) is 19.3 Å². The number of nitrogens with zero attached hydrogens (tertiary/aromatic N) is 3. The van der Waals surface area contributed by atoms with Gasteiger partial charge in [-0.15, -0.1) is 0 Å². The molecule has 0 saturated carbocycles. The summed E-state index contributed by atoms with van der Waals surface area (Å²) in [6, 6.07) is 0. The number of amides is 3. The van der Waals surface area contributed by atoms with E-state index in [0.717, 1.165) is 19.3 Å². The molecule has 1 fully saturated rings. The van der Waals surface area contributed by atoms with Crippen LogP contribution in [0.15, 0.2) is 0 Å². The Kier molecular flexibility index (Phi) is 8.94. The highest BCUT2D eigenvalue weighted by Gasteiger charge is 2.32. The van der Waals surface area contributed by atoms with Crippen molar-refractivity contribution in [2.45, 2.75) is 101 Å². The lowest BCUT2D eigenvalue weighted by Gasteiger charge is -2.43. The van der Waals surface area contributed by atoms with Crippen LogP contribution >= 0.6 is 0 Å². The van der Waals surface area contributed by atoms with Crippen molar-refractivity contribution in [3.63, 3.8) is 0 Å². The Hall–Kier alpha value is -1.59. The van der Waals surface area contributed by atoms with Crippen LogP contribution in [0.5, 0.6) is 0 Å². The zero-order valence-corrected chi connectivity index (χ0v) is 20.9. The fourth-order valence-electron chi connectivity index (χ4n) is 3.15. The molecule has 1 aliphatic rings. The van der Waals surface area contributed by atoms with Crippen LogP contribution in [0.25, 0.3) is 0 Å². The fraction of sp³-hybridized carbons (Fsp3) is 0.875. The van der Waals surface area contributed by atoms with Crippen LogP contribution in [0, 0.1) is 16.2 Å². The summed E-state index contributed by atoms with van der Waals surface area (Å²) in [6.45, 7) is 19.8. The van der Waals surface area contributed by atoms with Gasteiger partial charge in [0.15, 0.2) is 0 Å². The van der Waals surface area contributed by atoms with Gasteiger partial charge in [-0.3, -0.25) is 14.4 Å². The average molecular weight is 424 g/mol. The number of hydrogen-bond acceptors (Lipinski definition) is 3. The fourth-order valence-corrected chi connectivity index (χ4v) is 3.15. The van der Waals surface area contributed by atoms with Crippen LogP contribution in [0.2, 0.25) is 0 Å². The van der Waals surface area contributed by atoms with Crippen molar-refractivity contribution in [2.24, 2.45) is 16.2 Å². The summed E-state index contributed by atoms with van der Waals surface area (Å²) < 4.78 is 0. The highest BCUT2D eigenvalue weighted by atomic mass is 16.2. The SMILES string of the molecule is CC(C)(C)CCC(=O)N1CN(C(=O)CCC(C)(C)C)CN(C(=O)CCC(C)(C)C)C1. The maximum atomic E-state index is 12.9. The minimum Gasteiger partial charge on any atom is -0.307 e. The van der Waals surface area contributed by atoms with Crippen molar-refractivity contribution in [3.05, 3.63) is 0 Å². The molecule has 0 aromatic heterocycles. The van der Waals surface area contributed by atoms with Crippen molar-refractivity contribution < 1.29 is 14.4 Å². The molecule has 1 heterocycles. The molecule has 1 aliphatic heterocycles. The summed E-state index contributed by atoms with van der Waals surface area (Å²) in [6.07, 6.45) is 3.61. The standard InChI is InChI=1S/C24H45N3O3/c1-22(2,3)13-10-19(28)25-16-26(20(29)11-14-23(4,5)6)18-27(17-25)21(30)12-15-24(7,8)9/h10-18H2,1-9H3. The van der Waals surface area contributed by atoms with Crippen molar-refractivity contribution in [2.75, 3.05) is 20.0 Å². The van der Waals surface area contributed by atoms with E-state index in [9.17, 15) is 14.4 Å². The summed E-state index contributed by atoms with van der Waals surface area (Å²) in [4.78, 5) is 43.6. The van der Waals surface area contributed by atoms with E-state index >= 15 is 0 Å². The monoisotopic (exact) mass is 423 g/mol. The van der Waals surface area contributed by atoms with Crippen LogP contribution in [-0.4, -0.2) is 52.4 Å². The molecule has 3 amide bonds. The van der Waals surface area contributed by atoms with Gasteiger partial charge in [0.2, 0.25) is 17.7 Å². The third kappa shape index (κ3) is 10.4. The van der Waals surface area contributed by atoms with E-state index in [1.54, 1.807) is 14.7 Å². The Bertz CT molecular complexity index is 517. The normalized spacial score (nSPS) is 16.1. The molecule has 0 bridgehead atoms. The van der Waals surface area contributed by atoms with E-state index in [1.165, 1.54) is 0 Å². The lowest BCUT2D eigenvalue weighted by molar-refractivity contribution is -0.159. The van der Waals surface area contributed by atoms with E-state index < -0.39 is 0 Å². The summed E-state index contributed by atoms with van der Waals surface area (Å²) in [5, 5.41) is 0. The molecular weight excluding hydrogens is 378 g/mol. The molecule has 6 nitrogen and oxygen atoms in total. The van der Waals surface area contributed by atoms with Gasteiger partial charge in [0.25, 0.3) is 0 Å². The Labute approximate surface area is 184 Å². The molecule has 0 aliphatic carbocycles. The van der Waals surface area contributed by atoms with E-state index in [2.05, 4.69) is 62.3 Å². The third-order valence-electron chi connectivity index (χ3n) is 5.35. The smallest absolute Gasteiger partial charge is 0.225 e. The molecular formula is C24H45N3O3. The van der Waals surface area contributed by atoms with E-state index in [1.807, 2.05) is 0 Å². The van der Waals surface area contributed by atoms with Gasteiger partial charge in [-0.2, -0.15) is 0 Å². The molecule has 0 aromatic carbocycles. The first-order chi connectivity index (χ1) is 13.5. The number of carbonyl (C=O) groups is 3. The van der Waals surface area contributed by atoms with E-state index in [-0.39, 0.29) is 54.0 Å². The van der Waals surface area contributed by atoms with Gasteiger partial charge in [0.1, 0.15) is 0 Å². The minimum atomic E-state index is 0.00636. The highest BCUT2D eigenvalue weighted by molar-refractivity contribution is 5.82. The largest absolute Gasteiger partial charge is 0.307 e. The molecule has 1 saturated heterocycles. The second-order valence-electron chi connectivity index (χ2n) is 12.4. The molecule has 0 spiro atoms. The highest BCUT2D eigenvalue weighted by Crippen LogP contribution is 2.25. The topological polar surface area (TPSA) is 60.9 Å². The van der Waals surface area contributed by atoms with Gasteiger partial charge >= 0.3 is 0 Å². The maximum Gasteiger partial charge on any atom is 0.225 e.